The molecule has 0 bridgehead atoms. The van der Waals surface area contributed by atoms with Crippen molar-refractivity contribution in [1.82, 2.24) is 15.0 Å². The van der Waals surface area contributed by atoms with Crippen LogP contribution in [-0.4, -0.2) is 27.5 Å². The number of fused-ring (bicyclic) bond motifs is 1. The first-order valence-electron chi connectivity index (χ1n) is 10.2. The Balaban J connectivity index is 1.33. The Bertz CT molecular complexity index is 1180. The van der Waals surface area contributed by atoms with Crippen LogP contribution in [0.3, 0.4) is 0 Å². The average Bonchev–Trinajstić information content (AvgIpc) is 2.77. The van der Waals surface area contributed by atoms with Gasteiger partial charge in [-0.2, -0.15) is 4.98 Å². The Morgan fingerprint density at radius 2 is 1.74 bits per heavy atom. The van der Waals surface area contributed by atoms with Crippen molar-refractivity contribution in [2.45, 2.75) is 19.8 Å². The second-order valence-electron chi connectivity index (χ2n) is 7.21. The van der Waals surface area contributed by atoms with E-state index in [1.807, 2.05) is 73.7 Å². The number of nitrogens with one attached hydrogen (secondary N) is 3. The Morgan fingerprint density at radius 3 is 2.58 bits per heavy atom. The number of rotatable bonds is 7. The number of carbonyl (C=O) groups excluding carboxylic acids is 1. The molecule has 7 heteroatoms. The van der Waals surface area contributed by atoms with Crippen LogP contribution in [0, 0.1) is 6.92 Å². The number of urea groups is 1. The monoisotopic (exact) mass is 412 g/mol. The van der Waals surface area contributed by atoms with E-state index in [0.717, 1.165) is 41.5 Å². The quantitative estimate of drug-likeness (QED) is 0.371. The molecule has 2 aromatic carbocycles. The molecule has 0 aliphatic carbocycles. The average molecular weight is 412 g/mol. The molecule has 7 nitrogen and oxygen atoms in total. The molecule has 0 saturated heterocycles. The summed E-state index contributed by atoms with van der Waals surface area (Å²) in [5, 5.41) is 11.0. The zero-order valence-corrected chi connectivity index (χ0v) is 17.3. The second kappa shape index (κ2) is 9.67. The van der Waals surface area contributed by atoms with Crippen molar-refractivity contribution in [2.24, 2.45) is 0 Å². The number of benzene rings is 2. The molecule has 0 aliphatic rings. The fraction of sp³-hybridized carbons (Fsp3) is 0.167. The summed E-state index contributed by atoms with van der Waals surface area (Å²) < 4.78 is 0. The smallest absolute Gasteiger partial charge is 0.326 e. The van der Waals surface area contributed by atoms with Crippen molar-refractivity contribution in [3.8, 4) is 0 Å². The summed E-state index contributed by atoms with van der Waals surface area (Å²) >= 11 is 0. The summed E-state index contributed by atoms with van der Waals surface area (Å²) in [4.78, 5) is 25.5. The molecule has 156 valence electrons. The van der Waals surface area contributed by atoms with E-state index >= 15 is 0 Å². The predicted molar refractivity (Wildman–Crippen MR) is 124 cm³/mol. The SMILES string of the molecule is Cc1cc(NCCCc2ccccn2)nc(NC(=O)Nc2ccc3ccccc3c2)n1. The molecular formula is C24H24N6O. The van der Waals surface area contributed by atoms with Crippen molar-refractivity contribution in [3.63, 3.8) is 0 Å². The summed E-state index contributed by atoms with van der Waals surface area (Å²) in [6, 6.07) is 21.2. The molecule has 2 aromatic heterocycles. The lowest BCUT2D eigenvalue weighted by Crippen LogP contribution is -2.21. The van der Waals surface area contributed by atoms with Crippen molar-refractivity contribution in [2.75, 3.05) is 22.5 Å². The van der Waals surface area contributed by atoms with Gasteiger partial charge in [0.2, 0.25) is 5.95 Å². The van der Waals surface area contributed by atoms with E-state index in [1.165, 1.54) is 0 Å². The van der Waals surface area contributed by atoms with E-state index in [2.05, 4.69) is 30.9 Å². The van der Waals surface area contributed by atoms with Crippen LogP contribution < -0.4 is 16.0 Å². The number of pyridine rings is 1. The zero-order valence-electron chi connectivity index (χ0n) is 17.3. The Morgan fingerprint density at radius 1 is 0.903 bits per heavy atom. The molecule has 31 heavy (non-hydrogen) atoms. The standard InChI is InChI=1S/C24H24N6O/c1-17-15-22(26-14-6-10-20-9-4-5-13-25-20)29-23(27-17)30-24(31)28-21-12-11-18-7-2-3-8-19(18)16-21/h2-5,7-9,11-13,15-16H,6,10,14H2,1H3,(H3,26,27,28,29,30,31). The molecule has 2 heterocycles. The lowest BCUT2D eigenvalue weighted by molar-refractivity contribution is 0.262. The fourth-order valence-corrected chi connectivity index (χ4v) is 3.28. The van der Waals surface area contributed by atoms with Crippen LogP contribution in [0.2, 0.25) is 0 Å². The van der Waals surface area contributed by atoms with Crippen LogP contribution in [0.15, 0.2) is 72.9 Å². The number of carbonyl (C=O) groups is 1. The van der Waals surface area contributed by atoms with Crippen molar-refractivity contribution in [3.05, 3.63) is 84.3 Å². The molecule has 4 aromatic rings. The molecule has 2 amide bonds. The molecule has 3 N–H and O–H groups in total. The third kappa shape index (κ3) is 5.76. The van der Waals surface area contributed by atoms with Crippen LogP contribution in [0.25, 0.3) is 10.8 Å². The van der Waals surface area contributed by atoms with Crippen molar-refractivity contribution in [1.29, 1.82) is 0 Å². The first kappa shape index (κ1) is 20.3. The van der Waals surface area contributed by atoms with Crippen molar-refractivity contribution >= 4 is 34.3 Å². The largest absolute Gasteiger partial charge is 0.370 e. The lowest BCUT2D eigenvalue weighted by Gasteiger charge is -2.10. The summed E-state index contributed by atoms with van der Waals surface area (Å²) in [5.41, 5.74) is 2.54. The number of aryl methyl sites for hydroxylation is 2. The highest BCUT2D eigenvalue weighted by molar-refractivity contribution is 6.00. The topological polar surface area (TPSA) is 91.8 Å². The summed E-state index contributed by atoms with van der Waals surface area (Å²) in [5.74, 6) is 0.931. The van der Waals surface area contributed by atoms with Crippen molar-refractivity contribution < 1.29 is 4.79 Å². The highest BCUT2D eigenvalue weighted by Gasteiger charge is 2.08. The minimum atomic E-state index is -0.387. The van der Waals surface area contributed by atoms with Gasteiger partial charge in [0.1, 0.15) is 5.82 Å². The number of anilines is 3. The third-order valence-corrected chi connectivity index (χ3v) is 4.73. The molecule has 4 rings (SSSR count). The second-order valence-corrected chi connectivity index (χ2v) is 7.21. The van der Waals surface area contributed by atoms with Gasteiger partial charge in [-0.1, -0.05) is 36.4 Å². The Kier molecular flexibility index (Phi) is 6.32. The van der Waals surface area contributed by atoms with Gasteiger partial charge in [-0.25, -0.2) is 9.78 Å². The number of amides is 2. The highest BCUT2D eigenvalue weighted by atomic mass is 16.2. The van der Waals surface area contributed by atoms with Gasteiger partial charge in [-0.15, -0.1) is 0 Å². The Labute approximate surface area is 181 Å². The molecule has 0 saturated carbocycles. The minimum Gasteiger partial charge on any atom is -0.370 e. The van der Waals surface area contributed by atoms with Gasteiger partial charge < -0.3 is 10.6 Å². The van der Waals surface area contributed by atoms with Gasteiger partial charge in [0.05, 0.1) is 0 Å². The minimum absolute atomic E-state index is 0.255. The summed E-state index contributed by atoms with van der Waals surface area (Å²) in [6.07, 6.45) is 3.61. The van der Waals surface area contributed by atoms with Crippen LogP contribution in [0.4, 0.5) is 22.2 Å². The van der Waals surface area contributed by atoms with Gasteiger partial charge in [-0.3, -0.25) is 10.3 Å². The first-order valence-corrected chi connectivity index (χ1v) is 10.2. The lowest BCUT2D eigenvalue weighted by atomic mass is 10.1. The number of nitrogens with zero attached hydrogens (tertiary/aromatic N) is 3. The predicted octanol–water partition coefficient (Wildman–Crippen LogP) is 5.02. The van der Waals surface area contributed by atoms with E-state index in [4.69, 9.17) is 0 Å². The Hall–Kier alpha value is -4.00. The maximum Gasteiger partial charge on any atom is 0.326 e. The molecule has 0 spiro atoms. The highest BCUT2D eigenvalue weighted by Crippen LogP contribution is 2.19. The first-order chi connectivity index (χ1) is 15.2. The zero-order chi connectivity index (χ0) is 21.5. The van der Waals surface area contributed by atoms with Crippen LogP contribution >= 0.6 is 0 Å². The van der Waals surface area contributed by atoms with Gasteiger partial charge in [-0.05, 0) is 54.8 Å². The van der Waals surface area contributed by atoms with Crippen LogP contribution in [-0.2, 0) is 6.42 Å². The number of hydrogen-bond donors (Lipinski definition) is 3. The molecule has 0 atom stereocenters. The van der Waals surface area contributed by atoms with Crippen LogP contribution in [0.5, 0.6) is 0 Å². The maximum absolute atomic E-state index is 12.4. The molecule has 0 aliphatic heterocycles. The van der Waals surface area contributed by atoms with Gasteiger partial charge in [0, 0.05) is 35.9 Å². The normalized spacial score (nSPS) is 10.6. The van der Waals surface area contributed by atoms with Gasteiger partial charge in [0.15, 0.2) is 0 Å². The van der Waals surface area contributed by atoms with E-state index in [0.29, 0.717) is 11.5 Å². The maximum atomic E-state index is 12.4. The van der Waals surface area contributed by atoms with E-state index in [1.54, 1.807) is 6.20 Å². The molecule has 0 radical (unpaired) electrons. The number of aromatic nitrogens is 3. The summed E-state index contributed by atoms with van der Waals surface area (Å²) in [6.45, 7) is 2.61. The molecular weight excluding hydrogens is 388 g/mol. The van der Waals surface area contributed by atoms with Gasteiger partial charge in [0.25, 0.3) is 0 Å². The van der Waals surface area contributed by atoms with E-state index in [9.17, 15) is 4.79 Å². The fourth-order valence-electron chi connectivity index (χ4n) is 3.28. The number of hydrogen-bond acceptors (Lipinski definition) is 5. The molecule has 0 unspecified atom stereocenters. The molecule has 0 fully saturated rings. The summed E-state index contributed by atoms with van der Waals surface area (Å²) in [7, 11) is 0. The van der Waals surface area contributed by atoms with Crippen LogP contribution in [0.1, 0.15) is 17.8 Å². The third-order valence-electron chi connectivity index (χ3n) is 4.73. The van der Waals surface area contributed by atoms with E-state index in [-0.39, 0.29) is 12.0 Å². The van der Waals surface area contributed by atoms with Gasteiger partial charge >= 0.3 is 6.03 Å². The van der Waals surface area contributed by atoms with E-state index < -0.39 is 0 Å².